The highest BCUT2D eigenvalue weighted by molar-refractivity contribution is 7.86. The van der Waals surface area contributed by atoms with Crippen molar-refractivity contribution < 1.29 is 8.42 Å². The Morgan fingerprint density at radius 3 is 2.29 bits per heavy atom. The van der Waals surface area contributed by atoms with Crippen LogP contribution in [0.2, 0.25) is 0 Å². The van der Waals surface area contributed by atoms with E-state index >= 15 is 0 Å². The van der Waals surface area contributed by atoms with E-state index in [9.17, 15) is 8.42 Å². The SMILES string of the molecule is CC(C)NCC1CCCCN1S(=O)(=O)N1CCCCC1C. The van der Waals surface area contributed by atoms with Crippen molar-refractivity contribution in [2.75, 3.05) is 19.6 Å². The Morgan fingerprint density at radius 2 is 1.67 bits per heavy atom. The molecule has 2 saturated heterocycles. The number of nitrogens with zero attached hydrogens (tertiary/aromatic N) is 2. The zero-order chi connectivity index (χ0) is 15.5. The van der Waals surface area contributed by atoms with Gasteiger partial charge in [-0.1, -0.05) is 26.7 Å². The Kier molecular flexibility index (Phi) is 6.05. The minimum Gasteiger partial charge on any atom is -0.313 e. The average Bonchev–Trinajstić information content (AvgIpc) is 2.45. The molecule has 0 saturated carbocycles. The van der Waals surface area contributed by atoms with Gasteiger partial charge in [0.15, 0.2) is 0 Å². The van der Waals surface area contributed by atoms with Gasteiger partial charge < -0.3 is 5.32 Å². The molecule has 0 spiro atoms. The summed E-state index contributed by atoms with van der Waals surface area (Å²) < 4.78 is 29.6. The first-order valence-electron chi connectivity index (χ1n) is 8.45. The molecule has 2 aliphatic heterocycles. The summed E-state index contributed by atoms with van der Waals surface area (Å²) >= 11 is 0. The molecule has 0 aromatic rings. The highest BCUT2D eigenvalue weighted by atomic mass is 32.2. The van der Waals surface area contributed by atoms with Gasteiger partial charge in [-0.05, 0) is 32.6 Å². The minimum atomic E-state index is -3.30. The van der Waals surface area contributed by atoms with Crippen molar-refractivity contribution in [2.24, 2.45) is 0 Å². The molecule has 0 bridgehead atoms. The summed E-state index contributed by atoms with van der Waals surface area (Å²) in [4.78, 5) is 0. The fourth-order valence-electron chi connectivity index (χ4n) is 3.40. The van der Waals surface area contributed by atoms with Crippen LogP contribution in [-0.4, -0.2) is 54.8 Å². The molecule has 2 fully saturated rings. The van der Waals surface area contributed by atoms with Crippen LogP contribution in [0.5, 0.6) is 0 Å². The Bertz CT molecular complexity index is 425. The lowest BCUT2D eigenvalue weighted by Gasteiger charge is -2.41. The maximum Gasteiger partial charge on any atom is 0.282 e. The van der Waals surface area contributed by atoms with Gasteiger partial charge in [-0.15, -0.1) is 0 Å². The smallest absolute Gasteiger partial charge is 0.282 e. The number of rotatable bonds is 5. The Morgan fingerprint density at radius 1 is 1.05 bits per heavy atom. The third kappa shape index (κ3) is 4.18. The lowest BCUT2D eigenvalue weighted by atomic mass is 10.0. The summed E-state index contributed by atoms with van der Waals surface area (Å²) in [7, 11) is -3.30. The van der Waals surface area contributed by atoms with E-state index in [0.717, 1.165) is 45.1 Å². The summed E-state index contributed by atoms with van der Waals surface area (Å²) in [6, 6.07) is 0.648. The van der Waals surface area contributed by atoms with Crippen LogP contribution in [-0.2, 0) is 10.2 Å². The lowest BCUT2D eigenvalue weighted by molar-refractivity contribution is 0.197. The zero-order valence-corrected chi connectivity index (χ0v) is 14.5. The second-order valence-corrected chi connectivity index (χ2v) is 8.62. The van der Waals surface area contributed by atoms with E-state index in [1.54, 1.807) is 8.61 Å². The number of hydrogen-bond acceptors (Lipinski definition) is 3. The van der Waals surface area contributed by atoms with Gasteiger partial charge in [0.25, 0.3) is 10.2 Å². The highest BCUT2D eigenvalue weighted by Crippen LogP contribution is 2.27. The van der Waals surface area contributed by atoms with Crippen molar-refractivity contribution in [3.8, 4) is 0 Å². The van der Waals surface area contributed by atoms with E-state index in [1.807, 2.05) is 6.92 Å². The van der Waals surface area contributed by atoms with Gasteiger partial charge in [0.2, 0.25) is 0 Å². The van der Waals surface area contributed by atoms with Crippen LogP contribution in [0.3, 0.4) is 0 Å². The largest absolute Gasteiger partial charge is 0.313 e. The summed E-state index contributed by atoms with van der Waals surface area (Å²) in [6.45, 7) is 8.38. The van der Waals surface area contributed by atoms with Crippen molar-refractivity contribution in [3.63, 3.8) is 0 Å². The molecule has 124 valence electrons. The topological polar surface area (TPSA) is 52.7 Å². The van der Waals surface area contributed by atoms with Crippen molar-refractivity contribution in [1.82, 2.24) is 13.9 Å². The Labute approximate surface area is 130 Å². The highest BCUT2D eigenvalue weighted by Gasteiger charge is 2.39. The number of piperidine rings is 2. The Balaban J connectivity index is 2.11. The van der Waals surface area contributed by atoms with Crippen LogP contribution in [0, 0.1) is 0 Å². The van der Waals surface area contributed by atoms with Gasteiger partial charge in [-0.2, -0.15) is 17.0 Å². The van der Waals surface area contributed by atoms with Gasteiger partial charge in [0.05, 0.1) is 0 Å². The second-order valence-electron chi connectivity index (χ2n) is 6.79. The molecule has 0 aliphatic carbocycles. The predicted octanol–water partition coefficient (Wildman–Crippen LogP) is 1.96. The third-order valence-corrected chi connectivity index (χ3v) is 6.88. The molecule has 0 radical (unpaired) electrons. The van der Waals surface area contributed by atoms with Crippen LogP contribution in [0.4, 0.5) is 0 Å². The molecule has 0 aromatic carbocycles. The van der Waals surface area contributed by atoms with Crippen LogP contribution in [0.1, 0.15) is 59.3 Å². The fourth-order valence-corrected chi connectivity index (χ4v) is 5.51. The van der Waals surface area contributed by atoms with Gasteiger partial charge in [0, 0.05) is 37.8 Å². The maximum absolute atomic E-state index is 13.0. The average molecular weight is 317 g/mol. The van der Waals surface area contributed by atoms with E-state index in [0.29, 0.717) is 19.1 Å². The molecule has 2 rings (SSSR count). The van der Waals surface area contributed by atoms with Crippen LogP contribution < -0.4 is 5.32 Å². The fraction of sp³-hybridized carbons (Fsp3) is 1.00. The molecular formula is C15H31N3O2S. The molecule has 2 unspecified atom stereocenters. The Hall–Kier alpha value is -0.170. The molecule has 6 heteroatoms. The van der Waals surface area contributed by atoms with Gasteiger partial charge in [0.1, 0.15) is 0 Å². The van der Waals surface area contributed by atoms with E-state index < -0.39 is 10.2 Å². The number of hydrogen-bond donors (Lipinski definition) is 1. The molecule has 21 heavy (non-hydrogen) atoms. The molecule has 0 aromatic heterocycles. The standard InChI is InChI=1S/C15H31N3O2S/c1-13(2)16-12-15-9-5-7-11-18(15)21(19,20)17-10-6-4-8-14(17)3/h13-16H,4-12H2,1-3H3. The summed E-state index contributed by atoms with van der Waals surface area (Å²) in [5, 5.41) is 3.41. The summed E-state index contributed by atoms with van der Waals surface area (Å²) in [5.41, 5.74) is 0. The van der Waals surface area contributed by atoms with Gasteiger partial charge >= 0.3 is 0 Å². The van der Waals surface area contributed by atoms with Gasteiger partial charge in [-0.3, -0.25) is 0 Å². The van der Waals surface area contributed by atoms with Crippen LogP contribution in [0.25, 0.3) is 0 Å². The monoisotopic (exact) mass is 317 g/mol. The molecular weight excluding hydrogens is 286 g/mol. The van der Waals surface area contributed by atoms with Gasteiger partial charge in [-0.25, -0.2) is 0 Å². The molecule has 1 N–H and O–H groups in total. The number of nitrogens with one attached hydrogen (secondary N) is 1. The summed E-state index contributed by atoms with van der Waals surface area (Å²) in [5.74, 6) is 0. The van der Waals surface area contributed by atoms with Crippen molar-refractivity contribution in [3.05, 3.63) is 0 Å². The first-order valence-corrected chi connectivity index (χ1v) is 9.84. The quantitative estimate of drug-likeness (QED) is 0.843. The van der Waals surface area contributed by atoms with E-state index in [1.165, 1.54) is 0 Å². The maximum atomic E-state index is 13.0. The lowest BCUT2D eigenvalue weighted by Crippen LogP contribution is -2.56. The molecule has 2 atom stereocenters. The summed E-state index contributed by atoms with van der Waals surface area (Å²) in [6.07, 6.45) is 6.21. The van der Waals surface area contributed by atoms with Crippen molar-refractivity contribution in [1.29, 1.82) is 0 Å². The predicted molar refractivity (Wildman–Crippen MR) is 86.4 cm³/mol. The van der Waals surface area contributed by atoms with E-state index in [-0.39, 0.29) is 12.1 Å². The van der Waals surface area contributed by atoms with E-state index in [4.69, 9.17) is 0 Å². The van der Waals surface area contributed by atoms with Crippen LogP contribution >= 0.6 is 0 Å². The minimum absolute atomic E-state index is 0.111. The van der Waals surface area contributed by atoms with Crippen LogP contribution in [0.15, 0.2) is 0 Å². The van der Waals surface area contributed by atoms with Crippen molar-refractivity contribution >= 4 is 10.2 Å². The third-order valence-electron chi connectivity index (χ3n) is 4.67. The van der Waals surface area contributed by atoms with Crippen molar-refractivity contribution in [2.45, 2.75) is 77.4 Å². The van der Waals surface area contributed by atoms with E-state index in [2.05, 4.69) is 19.2 Å². The molecule has 5 nitrogen and oxygen atoms in total. The first-order chi connectivity index (χ1) is 9.93. The first kappa shape index (κ1) is 17.2. The normalized spacial score (nSPS) is 29.9. The second kappa shape index (κ2) is 7.40. The molecule has 2 heterocycles. The molecule has 2 aliphatic rings. The molecule has 0 amide bonds. The zero-order valence-electron chi connectivity index (χ0n) is 13.7.